The quantitative estimate of drug-likeness (QED) is 0.628. The van der Waals surface area contributed by atoms with Crippen LogP contribution in [0.25, 0.3) is 22.0 Å². The summed E-state index contributed by atoms with van der Waals surface area (Å²) in [6, 6.07) is 12.6. The maximum absolute atomic E-state index is 11.9. The van der Waals surface area contributed by atoms with E-state index in [1.807, 2.05) is 24.3 Å². The second-order valence-corrected chi connectivity index (χ2v) is 9.41. The van der Waals surface area contributed by atoms with Gasteiger partial charge in [-0.1, -0.05) is 30.2 Å². The molecular formula is C22H22N4O3S. The van der Waals surface area contributed by atoms with Crippen LogP contribution in [0, 0.1) is 12.3 Å². The van der Waals surface area contributed by atoms with Gasteiger partial charge in [-0.3, -0.25) is 0 Å². The fraction of sp³-hybridized carbons (Fsp3) is 0.273. The minimum absolute atomic E-state index is 0.0432. The highest BCUT2D eigenvalue weighted by atomic mass is 32.2. The lowest BCUT2D eigenvalue weighted by Gasteiger charge is -2.31. The molecule has 0 bridgehead atoms. The predicted octanol–water partition coefficient (Wildman–Crippen LogP) is 2.82. The van der Waals surface area contributed by atoms with Crippen LogP contribution < -0.4 is 5.32 Å². The average Bonchev–Trinajstić information content (AvgIpc) is 2.74. The third kappa shape index (κ3) is 3.95. The molecule has 1 aliphatic heterocycles. The lowest BCUT2D eigenvalue weighted by molar-refractivity contribution is 0.329. The molecule has 1 fully saturated rings. The molecule has 0 saturated carbocycles. The highest BCUT2D eigenvalue weighted by molar-refractivity contribution is 7.88. The summed E-state index contributed by atoms with van der Waals surface area (Å²) in [4.78, 5) is 0. The van der Waals surface area contributed by atoms with Crippen molar-refractivity contribution in [2.24, 2.45) is 0 Å². The smallest absolute Gasteiger partial charge is 0.211 e. The number of piperidine rings is 1. The number of sulfonamides is 1. The largest absolute Gasteiger partial charge is 0.507 e. The molecule has 0 spiro atoms. The summed E-state index contributed by atoms with van der Waals surface area (Å²) in [6.07, 6.45) is 8.27. The number of aromatic nitrogens is 2. The molecule has 1 unspecified atom stereocenters. The first-order chi connectivity index (χ1) is 14.4. The van der Waals surface area contributed by atoms with Gasteiger partial charge in [-0.05, 0) is 31.0 Å². The van der Waals surface area contributed by atoms with Crippen LogP contribution in [0.2, 0.25) is 0 Å². The highest BCUT2D eigenvalue weighted by Gasteiger charge is 2.26. The average molecular weight is 423 g/mol. The molecule has 2 aromatic carbocycles. The number of hydrogen-bond donors (Lipinski definition) is 2. The van der Waals surface area contributed by atoms with Crippen LogP contribution in [-0.4, -0.2) is 53.4 Å². The van der Waals surface area contributed by atoms with Crippen molar-refractivity contribution in [2.75, 3.05) is 24.7 Å². The molecule has 7 nitrogen and oxygen atoms in total. The molecule has 2 heterocycles. The number of terminal acetylenes is 1. The van der Waals surface area contributed by atoms with Gasteiger partial charge >= 0.3 is 0 Å². The van der Waals surface area contributed by atoms with Crippen LogP contribution >= 0.6 is 0 Å². The van der Waals surface area contributed by atoms with Gasteiger partial charge in [0.15, 0.2) is 5.82 Å². The Kier molecular flexibility index (Phi) is 5.33. The molecule has 3 aromatic rings. The number of phenols is 1. The second kappa shape index (κ2) is 7.94. The van der Waals surface area contributed by atoms with Gasteiger partial charge in [-0.25, -0.2) is 12.7 Å². The Bertz CT molecular complexity index is 1250. The van der Waals surface area contributed by atoms with E-state index >= 15 is 0 Å². The standard InChI is InChI=1S/C22H22N4O3S/c1-3-15-10-11-19(20(27)13-15)21-17-8-4-5-9-18(17)22(25-24-21)23-16-7-6-12-26(14-16)30(2,28)29/h1,4-5,8-11,13,16,27H,6-7,12,14H2,2H3,(H,23,25). The third-order valence-corrected chi connectivity index (χ3v) is 6.57. The van der Waals surface area contributed by atoms with Crippen molar-refractivity contribution in [1.82, 2.24) is 14.5 Å². The number of nitrogens with one attached hydrogen (secondary N) is 1. The van der Waals surface area contributed by atoms with Gasteiger partial charge in [-0.2, -0.15) is 0 Å². The van der Waals surface area contributed by atoms with Crippen LogP contribution in [0.4, 0.5) is 5.82 Å². The van der Waals surface area contributed by atoms with Crippen molar-refractivity contribution < 1.29 is 13.5 Å². The van der Waals surface area contributed by atoms with E-state index < -0.39 is 10.0 Å². The van der Waals surface area contributed by atoms with Gasteiger partial charge in [0.05, 0.1) is 6.26 Å². The van der Waals surface area contributed by atoms with E-state index in [4.69, 9.17) is 6.42 Å². The molecule has 0 amide bonds. The van der Waals surface area contributed by atoms with Crippen LogP contribution in [0.5, 0.6) is 5.75 Å². The predicted molar refractivity (Wildman–Crippen MR) is 118 cm³/mol. The summed E-state index contributed by atoms with van der Waals surface area (Å²) in [5.41, 5.74) is 1.68. The lowest BCUT2D eigenvalue weighted by atomic mass is 10.0. The number of phenolic OH excluding ortho intramolecular Hbond substituents is 1. The van der Waals surface area contributed by atoms with Crippen molar-refractivity contribution in [1.29, 1.82) is 0 Å². The minimum Gasteiger partial charge on any atom is -0.507 e. The zero-order chi connectivity index (χ0) is 21.3. The van der Waals surface area contributed by atoms with Crippen LogP contribution in [0.3, 0.4) is 0 Å². The van der Waals surface area contributed by atoms with Crippen LogP contribution in [0.1, 0.15) is 18.4 Å². The molecule has 30 heavy (non-hydrogen) atoms. The number of aromatic hydroxyl groups is 1. The fourth-order valence-corrected chi connectivity index (χ4v) is 4.70. The normalized spacial score (nSPS) is 17.5. The van der Waals surface area contributed by atoms with E-state index in [1.54, 1.807) is 12.1 Å². The second-order valence-electron chi connectivity index (χ2n) is 7.42. The summed E-state index contributed by atoms with van der Waals surface area (Å²) in [5.74, 6) is 3.13. The van der Waals surface area contributed by atoms with Gasteiger partial charge in [0.25, 0.3) is 0 Å². The molecular weight excluding hydrogens is 400 g/mol. The molecule has 4 rings (SSSR count). The molecule has 0 radical (unpaired) electrons. The Morgan fingerprint density at radius 2 is 1.97 bits per heavy atom. The van der Waals surface area contributed by atoms with E-state index in [-0.39, 0.29) is 11.8 Å². The first-order valence-electron chi connectivity index (χ1n) is 9.64. The summed E-state index contributed by atoms with van der Waals surface area (Å²) >= 11 is 0. The Labute approximate surface area is 175 Å². The summed E-state index contributed by atoms with van der Waals surface area (Å²) in [5, 5.41) is 24.2. The van der Waals surface area contributed by atoms with E-state index in [2.05, 4.69) is 21.4 Å². The maximum Gasteiger partial charge on any atom is 0.211 e. The zero-order valence-corrected chi connectivity index (χ0v) is 17.4. The van der Waals surface area contributed by atoms with Crippen LogP contribution in [0.15, 0.2) is 42.5 Å². The number of fused-ring (bicyclic) bond motifs is 1. The Morgan fingerprint density at radius 3 is 2.67 bits per heavy atom. The molecule has 8 heteroatoms. The minimum atomic E-state index is -3.23. The van der Waals surface area contributed by atoms with Crippen molar-refractivity contribution >= 4 is 26.6 Å². The summed E-state index contributed by atoms with van der Waals surface area (Å²) in [6.45, 7) is 0.931. The van der Waals surface area contributed by atoms with Gasteiger partial charge in [-0.15, -0.1) is 16.6 Å². The Morgan fingerprint density at radius 1 is 1.20 bits per heavy atom. The lowest BCUT2D eigenvalue weighted by Crippen LogP contribution is -2.44. The van der Waals surface area contributed by atoms with Crippen molar-refractivity contribution in [3.63, 3.8) is 0 Å². The zero-order valence-electron chi connectivity index (χ0n) is 16.5. The van der Waals surface area contributed by atoms with Gasteiger partial charge in [0.2, 0.25) is 10.0 Å². The van der Waals surface area contributed by atoms with Crippen LogP contribution in [-0.2, 0) is 10.0 Å². The maximum atomic E-state index is 11.9. The molecule has 1 aliphatic rings. The highest BCUT2D eigenvalue weighted by Crippen LogP contribution is 2.35. The number of rotatable bonds is 4. The first-order valence-corrected chi connectivity index (χ1v) is 11.5. The monoisotopic (exact) mass is 422 g/mol. The summed E-state index contributed by atoms with van der Waals surface area (Å²) < 4.78 is 25.3. The number of benzene rings is 2. The van der Waals surface area contributed by atoms with E-state index in [1.165, 1.54) is 16.6 Å². The van der Waals surface area contributed by atoms with Gasteiger partial charge < -0.3 is 10.4 Å². The van der Waals surface area contributed by atoms with Gasteiger partial charge in [0, 0.05) is 41.0 Å². The molecule has 154 valence electrons. The SMILES string of the molecule is C#Cc1ccc(-c2nnc(NC3CCCN(S(C)(=O)=O)C3)c3ccccc23)c(O)c1. The number of nitrogens with zero attached hydrogens (tertiary/aromatic N) is 3. The summed E-state index contributed by atoms with van der Waals surface area (Å²) in [7, 11) is -3.23. The molecule has 1 atom stereocenters. The molecule has 0 aliphatic carbocycles. The molecule has 2 N–H and O–H groups in total. The third-order valence-electron chi connectivity index (χ3n) is 5.30. The van der Waals surface area contributed by atoms with Crippen molar-refractivity contribution in [3.8, 4) is 29.4 Å². The van der Waals surface area contributed by atoms with Gasteiger partial charge in [0.1, 0.15) is 11.4 Å². The topological polar surface area (TPSA) is 95.4 Å². The number of hydrogen-bond acceptors (Lipinski definition) is 6. The first kappa shape index (κ1) is 20.1. The Hall–Kier alpha value is -3.15. The van der Waals surface area contributed by atoms with Crippen molar-refractivity contribution in [2.45, 2.75) is 18.9 Å². The van der Waals surface area contributed by atoms with E-state index in [0.717, 1.165) is 23.6 Å². The number of anilines is 1. The fourth-order valence-electron chi connectivity index (χ4n) is 3.79. The molecule has 1 saturated heterocycles. The Balaban J connectivity index is 1.71. The van der Waals surface area contributed by atoms with Crippen molar-refractivity contribution in [3.05, 3.63) is 48.0 Å². The molecule has 1 aromatic heterocycles. The van der Waals surface area contributed by atoms with E-state index in [0.29, 0.717) is 35.7 Å². The van der Waals surface area contributed by atoms with E-state index in [9.17, 15) is 13.5 Å².